The van der Waals surface area contributed by atoms with E-state index < -0.39 is 0 Å². The average molecular weight is 251 g/mol. The van der Waals surface area contributed by atoms with Gasteiger partial charge in [-0.05, 0) is 19.8 Å². The number of aliphatic hydroxyl groups excluding tert-OH is 1. The van der Waals surface area contributed by atoms with Gasteiger partial charge in [-0.1, -0.05) is 12.8 Å². The van der Waals surface area contributed by atoms with Gasteiger partial charge in [0.15, 0.2) is 0 Å². The van der Waals surface area contributed by atoms with Crippen LogP contribution >= 0.6 is 0 Å². The van der Waals surface area contributed by atoms with Gasteiger partial charge in [-0.15, -0.1) is 0 Å². The van der Waals surface area contributed by atoms with Crippen LogP contribution in [-0.4, -0.2) is 34.3 Å². The maximum atomic E-state index is 9.25. The Kier molecular flexibility index (Phi) is 4.33. The van der Waals surface area contributed by atoms with E-state index in [1.54, 1.807) is 6.20 Å². The smallest absolute Gasteiger partial charge is 0.239 e. The number of hydrazine groups is 1. The first-order chi connectivity index (χ1) is 8.76. The molecular formula is C12H21N5O. The minimum absolute atomic E-state index is 0.130. The largest absolute Gasteiger partial charge is 0.395 e. The summed E-state index contributed by atoms with van der Waals surface area (Å²) in [6, 6.07) is 0.469. The monoisotopic (exact) mass is 251 g/mol. The lowest BCUT2D eigenvalue weighted by molar-refractivity contribution is 0.296. The second kappa shape index (κ2) is 5.97. The number of nitrogens with two attached hydrogens (primary N) is 1. The van der Waals surface area contributed by atoms with Crippen LogP contribution < -0.4 is 16.2 Å². The van der Waals surface area contributed by atoms with Crippen molar-refractivity contribution in [3.63, 3.8) is 0 Å². The van der Waals surface area contributed by atoms with Crippen LogP contribution in [0.15, 0.2) is 6.20 Å². The van der Waals surface area contributed by atoms with Gasteiger partial charge in [-0.3, -0.25) is 5.43 Å². The third-order valence-electron chi connectivity index (χ3n) is 3.45. The molecule has 1 aromatic heterocycles. The molecule has 6 heteroatoms. The summed E-state index contributed by atoms with van der Waals surface area (Å²) in [5.74, 6) is 6.64. The van der Waals surface area contributed by atoms with E-state index >= 15 is 0 Å². The summed E-state index contributed by atoms with van der Waals surface area (Å²) in [6.45, 7) is 2.72. The van der Waals surface area contributed by atoms with Crippen molar-refractivity contribution in [2.24, 2.45) is 5.84 Å². The molecule has 4 N–H and O–H groups in total. The molecule has 1 fully saturated rings. The Morgan fingerprint density at radius 1 is 1.50 bits per heavy atom. The van der Waals surface area contributed by atoms with Crippen molar-refractivity contribution >= 4 is 11.8 Å². The van der Waals surface area contributed by atoms with Crippen molar-refractivity contribution in [2.45, 2.75) is 38.6 Å². The van der Waals surface area contributed by atoms with E-state index in [2.05, 4.69) is 20.3 Å². The second-order valence-electron chi connectivity index (χ2n) is 4.70. The van der Waals surface area contributed by atoms with Gasteiger partial charge < -0.3 is 10.0 Å². The van der Waals surface area contributed by atoms with Crippen LogP contribution in [0.25, 0.3) is 0 Å². The molecule has 0 saturated heterocycles. The number of nitrogen functional groups attached to an aromatic ring is 1. The third-order valence-corrected chi connectivity index (χ3v) is 3.45. The number of rotatable bonds is 5. The molecule has 6 nitrogen and oxygen atoms in total. The number of hydrogen-bond donors (Lipinski definition) is 3. The maximum absolute atomic E-state index is 9.25. The number of nitrogens with zero attached hydrogens (tertiary/aromatic N) is 3. The van der Waals surface area contributed by atoms with Gasteiger partial charge in [-0.2, -0.15) is 4.98 Å². The summed E-state index contributed by atoms with van der Waals surface area (Å²) in [4.78, 5) is 10.7. The minimum atomic E-state index is 0.130. The van der Waals surface area contributed by atoms with Crippen molar-refractivity contribution in [1.82, 2.24) is 9.97 Å². The second-order valence-corrected chi connectivity index (χ2v) is 4.70. The van der Waals surface area contributed by atoms with E-state index in [1.165, 1.54) is 12.8 Å². The molecular weight excluding hydrogens is 230 g/mol. The highest BCUT2D eigenvalue weighted by atomic mass is 16.3. The van der Waals surface area contributed by atoms with Crippen LogP contribution in [0, 0.1) is 6.92 Å². The van der Waals surface area contributed by atoms with Gasteiger partial charge in [0, 0.05) is 24.3 Å². The number of aryl methyl sites for hydroxylation is 1. The summed E-state index contributed by atoms with van der Waals surface area (Å²) >= 11 is 0. The maximum Gasteiger partial charge on any atom is 0.239 e. The van der Waals surface area contributed by atoms with Gasteiger partial charge in [0.05, 0.1) is 6.61 Å². The summed E-state index contributed by atoms with van der Waals surface area (Å²) in [5, 5.41) is 9.25. The first-order valence-corrected chi connectivity index (χ1v) is 6.44. The average Bonchev–Trinajstić information content (AvgIpc) is 2.91. The number of aliphatic hydroxyl groups is 1. The van der Waals surface area contributed by atoms with E-state index in [0.29, 0.717) is 18.5 Å². The number of aromatic nitrogens is 2. The Bertz CT molecular complexity index is 392. The normalized spacial score (nSPS) is 15.9. The van der Waals surface area contributed by atoms with Crippen LogP contribution in [-0.2, 0) is 0 Å². The predicted octanol–water partition coefficient (Wildman–Crippen LogP) is 0.812. The van der Waals surface area contributed by atoms with Crippen LogP contribution in [0.2, 0.25) is 0 Å². The van der Waals surface area contributed by atoms with E-state index in [-0.39, 0.29) is 6.61 Å². The highest BCUT2D eigenvalue weighted by Gasteiger charge is 2.24. The molecule has 1 aliphatic carbocycles. The zero-order valence-electron chi connectivity index (χ0n) is 10.8. The van der Waals surface area contributed by atoms with Gasteiger partial charge in [-0.25, -0.2) is 10.8 Å². The van der Waals surface area contributed by atoms with Crippen LogP contribution in [0.4, 0.5) is 11.8 Å². The molecule has 1 saturated carbocycles. The Balaban J connectivity index is 2.28. The van der Waals surface area contributed by atoms with Crippen LogP contribution in [0.1, 0.15) is 31.2 Å². The van der Waals surface area contributed by atoms with E-state index in [4.69, 9.17) is 5.84 Å². The minimum Gasteiger partial charge on any atom is -0.395 e. The Labute approximate surface area is 107 Å². The fraction of sp³-hybridized carbons (Fsp3) is 0.667. The van der Waals surface area contributed by atoms with Crippen LogP contribution in [0.5, 0.6) is 0 Å². The lowest BCUT2D eigenvalue weighted by Gasteiger charge is -2.30. The van der Waals surface area contributed by atoms with E-state index in [0.717, 1.165) is 24.2 Å². The van der Waals surface area contributed by atoms with E-state index in [1.807, 2.05) is 6.92 Å². The van der Waals surface area contributed by atoms with E-state index in [9.17, 15) is 5.11 Å². The quantitative estimate of drug-likeness (QED) is 0.530. The molecule has 100 valence electrons. The molecule has 1 heterocycles. The first-order valence-electron chi connectivity index (χ1n) is 6.44. The molecule has 1 aliphatic rings. The van der Waals surface area contributed by atoms with Crippen molar-refractivity contribution < 1.29 is 5.11 Å². The number of nitrogens with one attached hydrogen (secondary N) is 1. The van der Waals surface area contributed by atoms with Gasteiger partial charge in [0.2, 0.25) is 5.95 Å². The molecule has 0 aliphatic heterocycles. The zero-order chi connectivity index (χ0) is 13.0. The highest BCUT2D eigenvalue weighted by molar-refractivity contribution is 5.49. The highest BCUT2D eigenvalue weighted by Crippen LogP contribution is 2.28. The molecule has 0 unspecified atom stereocenters. The summed E-state index contributed by atoms with van der Waals surface area (Å²) < 4.78 is 0. The molecule has 0 atom stereocenters. The molecule has 0 aromatic carbocycles. The van der Waals surface area contributed by atoms with Crippen LogP contribution in [0.3, 0.4) is 0 Å². The summed E-state index contributed by atoms with van der Waals surface area (Å²) in [5.41, 5.74) is 3.48. The van der Waals surface area contributed by atoms with Crippen molar-refractivity contribution in [3.8, 4) is 0 Å². The predicted molar refractivity (Wildman–Crippen MR) is 71.3 cm³/mol. The first kappa shape index (κ1) is 13.0. The zero-order valence-corrected chi connectivity index (χ0v) is 10.8. The third kappa shape index (κ3) is 2.70. The Morgan fingerprint density at radius 3 is 2.83 bits per heavy atom. The SMILES string of the molecule is Cc1cnc(NN)nc1N(CCO)C1CCCC1. The molecule has 0 bridgehead atoms. The Hall–Kier alpha value is -1.40. The molecule has 2 rings (SSSR count). The van der Waals surface area contributed by atoms with Crippen molar-refractivity contribution in [1.29, 1.82) is 0 Å². The topological polar surface area (TPSA) is 87.3 Å². The van der Waals surface area contributed by atoms with Gasteiger partial charge in [0.25, 0.3) is 0 Å². The summed E-state index contributed by atoms with van der Waals surface area (Å²) in [7, 11) is 0. The molecule has 0 spiro atoms. The van der Waals surface area contributed by atoms with Gasteiger partial charge in [0.1, 0.15) is 5.82 Å². The lowest BCUT2D eigenvalue weighted by Crippen LogP contribution is -2.37. The van der Waals surface area contributed by atoms with Gasteiger partial charge >= 0.3 is 0 Å². The van der Waals surface area contributed by atoms with Crippen molar-refractivity contribution in [3.05, 3.63) is 11.8 Å². The standard InChI is InChI=1S/C12H21N5O/c1-9-8-14-12(16-13)15-11(9)17(6-7-18)10-4-2-3-5-10/h8,10,18H,2-7,13H2,1H3,(H,14,15,16). The molecule has 0 radical (unpaired) electrons. The molecule has 18 heavy (non-hydrogen) atoms. The fourth-order valence-corrected chi connectivity index (χ4v) is 2.58. The number of anilines is 2. The molecule has 1 aromatic rings. The Morgan fingerprint density at radius 2 is 2.22 bits per heavy atom. The molecule has 0 amide bonds. The van der Waals surface area contributed by atoms with Crippen molar-refractivity contribution in [2.75, 3.05) is 23.5 Å². The number of hydrogen-bond acceptors (Lipinski definition) is 6. The fourth-order valence-electron chi connectivity index (χ4n) is 2.58. The lowest BCUT2D eigenvalue weighted by atomic mass is 10.2. The summed E-state index contributed by atoms with van der Waals surface area (Å²) in [6.07, 6.45) is 6.58.